The SMILES string of the molecule is O=S(=O)(Nc1cccc(C(F)(F)F)c1)c1ccc2c(c1)OCCO2. The lowest BCUT2D eigenvalue weighted by atomic mass is 10.2. The summed E-state index contributed by atoms with van der Waals surface area (Å²) in [5.74, 6) is 0.687. The molecule has 0 spiro atoms. The smallest absolute Gasteiger partial charge is 0.416 e. The van der Waals surface area contributed by atoms with Gasteiger partial charge in [-0.05, 0) is 30.3 Å². The Kier molecular flexibility index (Phi) is 4.04. The van der Waals surface area contributed by atoms with Gasteiger partial charge < -0.3 is 9.47 Å². The van der Waals surface area contributed by atoms with Gasteiger partial charge in [-0.2, -0.15) is 13.2 Å². The topological polar surface area (TPSA) is 64.6 Å². The number of fused-ring (bicyclic) bond motifs is 1. The van der Waals surface area contributed by atoms with Gasteiger partial charge in [0.2, 0.25) is 0 Å². The molecule has 0 amide bonds. The zero-order valence-corrected chi connectivity index (χ0v) is 12.9. The Morgan fingerprint density at radius 3 is 2.38 bits per heavy atom. The third-order valence-electron chi connectivity index (χ3n) is 3.27. The van der Waals surface area contributed by atoms with Crippen LogP contribution < -0.4 is 14.2 Å². The number of hydrogen-bond acceptors (Lipinski definition) is 4. The van der Waals surface area contributed by atoms with Gasteiger partial charge >= 0.3 is 6.18 Å². The van der Waals surface area contributed by atoms with Crippen LogP contribution in [0.5, 0.6) is 11.5 Å². The van der Waals surface area contributed by atoms with Crippen LogP contribution in [0.2, 0.25) is 0 Å². The van der Waals surface area contributed by atoms with Gasteiger partial charge in [0.25, 0.3) is 10.0 Å². The van der Waals surface area contributed by atoms with Gasteiger partial charge in [-0.25, -0.2) is 8.42 Å². The normalized spacial score (nSPS) is 14.3. The summed E-state index contributed by atoms with van der Waals surface area (Å²) in [6.45, 7) is 0.652. The Morgan fingerprint density at radius 2 is 1.67 bits per heavy atom. The van der Waals surface area contributed by atoms with Crippen LogP contribution in [0.3, 0.4) is 0 Å². The molecule has 0 aliphatic carbocycles. The number of nitrogens with one attached hydrogen (secondary N) is 1. The van der Waals surface area contributed by atoms with E-state index in [0.717, 1.165) is 18.2 Å². The first-order valence-electron chi connectivity index (χ1n) is 6.85. The van der Waals surface area contributed by atoms with Gasteiger partial charge in [0.15, 0.2) is 11.5 Å². The Morgan fingerprint density at radius 1 is 0.958 bits per heavy atom. The van der Waals surface area contributed by atoms with E-state index in [2.05, 4.69) is 4.72 Å². The summed E-state index contributed by atoms with van der Waals surface area (Å²) in [5.41, 5.74) is -1.12. The van der Waals surface area contributed by atoms with Gasteiger partial charge in [0.05, 0.1) is 10.5 Å². The molecule has 1 N–H and O–H groups in total. The predicted octanol–water partition coefficient (Wildman–Crippen LogP) is 3.28. The highest BCUT2D eigenvalue weighted by Crippen LogP contribution is 2.34. The molecule has 0 radical (unpaired) electrons. The number of rotatable bonds is 3. The first-order chi connectivity index (χ1) is 11.3. The van der Waals surface area contributed by atoms with E-state index in [1.54, 1.807) is 0 Å². The molecule has 0 unspecified atom stereocenters. The average Bonchev–Trinajstić information content (AvgIpc) is 2.53. The van der Waals surface area contributed by atoms with Crippen LogP contribution in [0.1, 0.15) is 5.56 Å². The Bertz CT molecular complexity index is 865. The predicted molar refractivity (Wildman–Crippen MR) is 79.7 cm³/mol. The van der Waals surface area contributed by atoms with E-state index in [0.29, 0.717) is 12.4 Å². The van der Waals surface area contributed by atoms with E-state index < -0.39 is 21.8 Å². The summed E-state index contributed by atoms with van der Waals surface area (Å²) in [5, 5.41) is 0. The molecule has 0 saturated carbocycles. The largest absolute Gasteiger partial charge is 0.486 e. The number of alkyl halides is 3. The highest BCUT2D eigenvalue weighted by atomic mass is 32.2. The van der Waals surface area contributed by atoms with Gasteiger partial charge in [0, 0.05) is 11.8 Å². The molecule has 1 heterocycles. The van der Waals surface area contributed by atoms with Crippen LogP contribution >= 0.6 is 0 Å². The first kappa shape index (κ1) is 16.4. The Labute approximate surface area is 136 Å². The molecule has 3 rings (SSSR count). The number of ether oxygens (including phenoxy) is 2. The van der Waals surface area contributed by atoms with E-state index in [9.17, 15) is 21.6 Å². The van der Waals surface area contributed by atoms with Crippen LogP contribution in [-0.4, -0.2) is 21.6 Å². The second kappa shape index (κ2) is 5.90. The molecule has 1 aliphatic rings. The molecule has 0 aromatic heterocycles. The van der Waals surface area contributed by atoms with Crippen molar-refractivity contribution in [2.24, 2.45) is 0 Å². The van der Waals surface area contributed by atoms with Crippen molar-refractivity contribution in [3.05, 3.63) is 48.0 Å². The minimum Gasteiger partial charge on any atom is -0.486 e. The molecule has 9 heteroatoms. The van der Waals surface area contributed by atoms with Crippen molar-refractivity contribution in [3.63, 3.8) is 0 Å². The van der Waals surface area contributed by atoms with Crippen LogP contribution in [0, 0.1) is 0 Å². The molecule has 0 bridgehead atoms. The summed E-state index contributed by atoms with van der Waals surface area (Å²) in [7, 11) is -4.06. The summed E-state index contributed by atoms with van der Waals surface area (Å²) >= 11 is 0. The summed E-state index contributed by atoms with van der Waals surface area (Å²) in [6, 6.07) is 7.97. The van der Waals surface area contributed by atoms with Crippen molar-refractivity contribution in [1.29, 1.82) is 0 Å². The van der Waals surface area contributed by atoms with E-state index in [4.69, 9.17) is 9.47 Å². The number of halogens is 3. The molecular weight excluding hydrogens is 347 g/mol. The van der Waals surface area contributed by atoms with Gasteiger partial charge in [-0.15, -0.1) is 0 Å². The zero-order chi connectivity index (χ0) is 17.4. The van der Waals surface area contributed by atoms with E-state index in [-0.39, 0.29) is 22.9 Å². The minimum atomic E-state index is -4.56. The van der Waals surface area contributed by atoms with E-state index >= 15 is 0 Å². The van der Waals surface area contributed by atoms with Crippen LogP contribution in [-0.2, 0) is 16.2 Å². The fourth-order valence-electron chi connectivity index (χ4n) is 2.16. The molecule has 0 fully saturated rings. The number of hydrogen-bond donors (Lipinski definition) is 1. The van der Waals surface area contributed by atoms with E-state index in [1.165, 1.54) is 24.3 Å². The third-order valence-corrected chi connectivity index (χ3v) is 4.65. The van der Waals surface area contributed by atoms with Crippen molar-refractivity contribution >= 4 is 15.7 Å². The summed E-state index contributed by atoms with van der Waals surface area (Å²) < 4.78 is 75.6. The molecule has 2 aromatic rings. The second-order valence-corrected chi connectivity index (χ2v) is 6.67. The number of sulfonamides is 1. The maximum absolute atomic E-state index is 12.7. The molecule has 24 heavy (non-hydrogen) atoms. The summed E-state index contributed by atoms with van der Waals surface area (Å²) in [6.07, 6.45) is -4.56. The lowest BCUT2D eigenvalue weighted by Gasteiger charge is -2.19. The highest BCUT2D eigenvalue weighted by molar-refractivity contribution is 7.92. The molecule has 0 saturated heterocycles. The van der Waals surface area contributed by atoms with Crippen molar-refractivity contribution in [3.8, 4) is 11.5 Å². The lowest BCUT2D eigenvalue weighted by molar-refractivity contribution is -0.137. The van der Waals surface area contributed by atoms with Crippen LogP contribution in [0.15, 0.2) is 47.4 Å². The molecule has 2 aromatic carbocycles. The zero-order valence-electron chi connectivity index (χ0n) is 12.1. The number of anilines is 1. The quantitative estimate of drug-likeness (QED) is 0.914. The summed E-state index contributed by atoms with van der Waals surface area (Å²) in [4.78, 5) is -0.135. The Hall–Kier alpha value is -2.42. The molecule has 5 nitrogen and oxygen atoms in total. The minimum absolute atomic E-state index is 0.135. The van der Waals surface area contributed by atoms with Crippen molar-refractivity contribution in [2.45, 2.75) is 11.1 Å². The molecule has 128 valence electrons. The standard InChI is InChI=1S/C15H12F3NO4S/c16-15(17,18)10-2-1-3-11(8-10)19-24(20,21)12-4-5-13-14(9-12)23-7-6-22-13/h1-5,8-9,19H,6-7H2. The Balaban J connectivity index is 1.89. The fourth-order valence-corrected chi connectivity index (χ4v) is 3.23. The first-order valence-corrected chi connectivity index (χ1v) is 8.34. The van der Waals surface area contributed by atoms with Gasteiger partial charge in [-0.1, -0.05) is 6.07 Å². The highest BCUT2D eigenvalue weighted by Gasteiger charge is 2.30. The van der Waals surface area contributed by atoms with Crippen molar-refractivity contribution in [2.75, 3.05) is 17.9 Å². The fraction of sp³-hybridized carbons (Fsp3) is 0.200. The number of benzene rings is 2. The van der Waals surface area contributed by atoms with Gasteiger partial charge in [-0.3, -0.25) is 4.72 Å². The second-order valence-electron chi connectivity index (χ2n) is 4.99. The molecule has 0 atom stereocenters. The van der Waals surface area contributed by atoms with Crippen molar-refractivity contribution in [1.82, 2.24) is 0 Å². The van der Waals surface area contributed by atoms with Crippen LogP contribution in [0.4, 0.5) is 18.9 Å². The van der Waals surface area contributed by atoms with Crippen molar-refractivity contribution < 1.29 is 31.1 Å². The maximum Gasteiger partial charge on any atom is 0.416 e. The lowest BCUT2D eigenvalue weighted by Crippen LogP contribution is -2.17. The maximum atomic E-state index is 12.7. The average molecular weight is 359 g/mol. The van der Waals surface area contributed by atoms with Crippen LogP contribution in [0.25, 0.3) is 0 Å². The molecule has 1 aliphatic heterocycles. The monoisotopic (exact) mass is 359 g/mol. The van der Waals surface area contributed by atoms with Gasteiger partial charge in [0.1, 0.15) is 13.2 Å². The third kappa shape index (κ3) is 3.40. The molecular formula is C15H12F3NO4S. The van der Waals surface area contributed by atoms with E-state index in [1.807, 2.05) is 0 Å².